The lowest BCUT2D eigenvalue weighted by Gasteiger charge is -2.33. The molecule has 35 heavy (non-hydrogen) atoms. The molecule has 178 valence electrons. The zero-order valence-electron chi connectivity index (χ0n) is 18.7. The van der Waals surface area contributed by atoms with E-state index in [2.05, 4.69) is 25.4 Å². The Morgan fingerprint density at radius 2 is 2.11 bits per heavy atom. The van der Waals surface area contributed by atoms with Crippen LogP contribution in [-0.2, 0) is 11.8 Å². The van der Waals surface area contributed by atoms with Crippen molar-refractivity contribution in [3.63, 3.8) is 0 Å². The monoisotopic (exact) mass is 493 g/mol. The summed E-state index contributed by atoms with van der Waals surface area (Å²) in [7, 11) is 1.84. The number of aromatic nitrogens is 5. The third-order valence-corrected chi connectivity index (χ3v) is 5.75. The van der Waals surface area contributed by atoms with Gasteiger partial charge in [0.2, 0.25) is 0 Å². The van der Waals surface area contributed by atoms with Gasteiger partial charge in [-0.25, -0.2) is 19.3 Å². The maximum Gasteiger partial charge on any atom is 0.275 e. The number of ether oxygens (including phenoxy) is 1. The van der Waals surface area contributed by atoms with Crippen LogP contribution < -0.4 is 10.2 Å². The first-order valence-corrected chi connectivity index (χ1v) is 11.3. The van der Waals surface area contributed by atoms with Gasteiger partial charge in [-0.1, -0.05) is 17.7 Å². The van der Waals surface area contributed by atoms with E-state index < -0.39 is 11.7 Å². The van der Waals surface area contributed by atoms with Crippen LogP contribution in [0.3, 0.4) is 0 Å². The number of carbonyl (C=O) groups excluding carboxylic acids is 1. The SMILES string of the molecule is Cn1cc(C2CN(c3cc(C(=O)Nc4ccccn4)nc(-c4ccc(Cl)cc4F)n3)CCO2)cn1. The predicted octanol–water partition coefficient (Wildman–Crippen LogP) is 3.89. The third kappa shape index (κ3) is 5.13. The highest BCUT2D eigenvalue weighted by atomic mass is 35.5. The number of anilines is 2. The molecule has 5 rings (SSSR count). The van der Waals surface area contributed by atoms with Crippen LogP contribution in [-0.4, -0.2) is 50.3 Å². The third-order valence-electron chi connectivity index (χ3n) is 5.51. The fraction of sp³-hybridized carbons (Fsp3) is 0.208. The summed E-state index contributed by atoms with van der Waals surface area (Å²) in [5.41, 5.74) is 1.15. The maximum atomic E-state index is 14.8. The Morgan fingerprint density at radius 3 is 2.86 bits per heavy atom. The van der Waals surface area contributed by atoms with Gasteiger partial charge < -0.3 is 15.0 Å². The van der Waals surface area contributed by atoms with E-state index in [-0.39, 0.29) is 28.2 Å². The van der Waals surface area contributed by atoms with E-state index in [0.29, 0.717) is 31.3 Å². The summed E-state index contributed by atoms with van der Waals surface area (Å²) in [5, 5.41) is 7.19. The van der Waals surface area contributed by atoms with E-state index in [1.807, 2.05) is 18.1 Å². The summed E-state index contributed by atoms with van der Waals surface area (Å²) < 4.78 is 22.4. The summed E-state index contributed by atoms with van der Waals surface area (Å²) in [5.74, 6) is -0.138. The van der Waals surface area contributed by atoms with Crippen LogP contribution in [0.2, 0.25) is 5.02 Å². The van der Waals surface area contributed by atoms with Crippen molar-refractivity contribution in [3.05, 3.63) is 83.2 Å². The second-order valence-electron chi connectivity index (χ2n) is 7.98. The molecule has 0 saturated carbocycles. The molecular weight excluding hydrogens is 473 g/mol. The largest absolute Gasteiger partial charge is 0.370 e. The van der Waals surface area contributed by atoms with Gasteiger partial charge in [-0.15, -0.1) is 0 Å². The molecule has 0 bridgehead atoms. The minimum atomic E-state index is -0.582. The van der Waals surface area contributed by atoms with E-state index >= 15 is 0 Å². The lowest BCUT2D eigenvalue weighted by molar-refractivity contribution is 0.0395. The molecule has 4 aromatic rings. The molecule has 1 N–H and O–H groups in total. The highest BCUT2D eigenvalue weighted by molar-refractivity contribution is 6.30. The van der Waals surface area contributed by atoms with Crippen LogP contribution in [0.4, 0.5) is 16.0 Å². The topological polar surface area (TPSA) is 98.1 Å². The minimum Gasteiger partial charge on any atom is -0.370 e. The number of nitrogens with zero attached hydrogens (tertiary/aromatic N) is 6. The van der Waals surface area contributed by atoms with Crippen molar-refractivity contribution in [2.75, 3.05) is 29.9 Å². The number of hydrogen-bond donors (Lipinski definition) is 1. The van der Waals surface area contributed by atoms with Gasteiger partial charge in [0.15, 0.2) is 5.82 Å². The highest BCUT2D eigenvalue weighted by Gasteiger charge is 2.26. The Kier molecular flexibility index (Phi) is 6.39. The van der Waals surface area contributed by atoms with Crippen LogP contribution in [0.1, 0.15) is 22.2 Å². The van der Waals surface area contributed by atoms with Gasteiger partial charge >= 0.3 is 0 Å². The maximum absolute atomic E-state index is 14.8. The van der Waals surface area contributed by atoms with E-state index in [0.717, 1.165) is 5.56 Å². The van der Waals surface area contributed by atoms with Crippen molar-refractivity contribution >= 4 is 29.1 Å². The number of pyridine rings is 1. The summed E-state index contributed by atoms with van der Waals surface area (Å²) >= 11 is 5.92. The Bertz CT molecular complexity index is 1370. The fourth-order valence-corrected chi connectivity index (χ4v) is 3.95. The standard InChI is InChI=1S/C24H21ClFN7O2/c1-32-13-15(12-28-32)20-14-33(8-9-35-20)22-11-19(24(34)30-21-4-2-3-7-27-21)29-23(31-22)17-6-5-16(25)10-18(17)26/h2-7,10-13,20H,8-9,14H2,1H3,(H,27,30,34). The summed E-state index contributed by atoms with van der Waals surface area (Å²) in [6.45, 7) is 1.47. The molecule has 3 aromatic heterocycles. The summed E-state index contributed by atoms with van der Waals surface area (Å²) in [6, 6.07) is 11.0. The Labute approximate surface area is 205 Å². The van der Waals surface area contributed by atoms with Gasteiger partial charge in [0.05, 0.1) is 18.4 Å². The first-order chi connectivity index (χ1) is 17.0. The first-order valence-electron chi connectivity index (χ1n) is 10.9. The van der Waals surface area contributed by atoms with Crippen molar-refractivity contribution in [3.8, 4) is 11.4 Å². The number of nitrogens with one attached hydrogen (secondary N) is 1. The quantitative estimate of drug-likeness (QED) is 0.450. The molecule has 1 aromatic carbocycles. The van der Waals surface area contributed by atoms with E-state index in [1.165, 1.54) is 12.1 Å². The molecule has 1 fully saturated rings. The molecule has 1 aliphatic rings. The molecule has 11 heteroatoms. The van der Waals surface area contributed by atoms with Gasteiger partial charge in [0, 0.05) is 49.2 Å². The molecule has 4 heterocycles. The molecule has 0 radical (unpaired) electrons. The van der Waals surface area contributed by atoms with Gasteiger partial charge in [-0.05, 0) is 30.3 Å². The van der Waals surface area contributed by atoms with E-state index in [1.54, 1.807) is 47.4 Å². The Balaban J connectivity index is 1.51. The van der Waals surface area contributed by atoms with Crippen LogP contribution in [0.5, 0.6) is 0 Å². The van der Waals surface area contributed by atoms with Crippen LogP contribution >= 0.6 is 11.6 Å². The zero-order valence-corrected chi connectivity index (χ0v) is 19.5. The normalized spacial score (nSPS) is 15.7. The predicted molar refractivity (Wildman–Crippen MR) is 129 cm³/mol. The smallest absolute Gasteiger partial charge is 0.275 e. The molecule has 0 spiro atoms. The zero-order chi connectivity index (χ0) is 24.4. The molecule has 1 unspecified atom stereocenters. The molecule has 9 nitrogen and oxygen atoms in total. The van der Waals surface area contributed by atoms with Crippen LogP contribution in [0.25, 0.3) is 11.4 Å². The van der Waals surface area contributed by atoms with Gasteiger partial charge in [-0.3, -0.25) is 9.48 Å². The number of aryl methyl sites for hydroxylation is 1. The molecule has 0 aliphatic carbocycles. The van der Waals surface area contributed by atoms with Gasteiger partial charge in [0.1, 0.15) is 29.3 Å². The average Bonchev–Trinajstić information content (AvgIpc) is 3.31. The number of amides is 1. The first kappa shape index (κ1) is 22.9. The van der Waals surface area contributed by atoms with Crippen molar-refractivity contribution in [1.82, 2.24) is 24.7 Å². The van der Waals surface area contributed by atoms with Crippen LogP contribution in [0, 0.1) is 5.82 Å². The summed E-state index contributed by atoms with van der Waals surface area (Å²) in [6.07, 6.45) is 5.00. The van der Waals surface area contributed by atoms with Gasteiger partial charge in [-0.2, -0.15) is 5.10 Å². The number of benzene rings is 1. The number of halogens is 2. The van der Waals surface area contributed by atoms with Gasteiger partial charge in [0.25, 0.3) is 5.91 Å². The molecule has 1 atom stereocenters. The molecule has 1 aliphatic heterocycles. The highest BCUT2D eigenvalue weighted by Crippen LogP contribution is 2.29. The Morgan fingerprint density at radius 1 is 1.23 bits per heavy atom. The second-order valence-corrected chi connectivity index (χ2v) is 8.42. The molecule has 1 amide bonds. The molecular formula is C24H21ClFN7O2. The van der Waals surface area contributed by atoms with E-state index in [4.69, 9.17) is 16.3 Å². The number of hydrogen-bond acceptors (Lipinski definition) is 7. The van der Waals surface area contributed by atoms with E-state index in [9.17, 15) is 9.18 Å². The molecule has 1 saturated heterocycles. The van der Waals surface area contributed by atoms with Crippen molar-refractivity contribution in [2.45, 2.75) is 6.10 Å². The van der Waals surface area contributed by atoms with Crippen molar-refractivity contribution in [2.24, 2.45) is 7.05 Å². The minimum absolute atomic E-state index is 0.0762. The average molecular weight is 494 g/mol. The number of carbonyl (C=O) groups is 1. The van der Waals surface area contributed by atoms with Crippen LogP contribution in [0.15, 0.2) is 61.1 Å². The number of rotatable bonds is 5. The van der Waals surface area contributed by atoms with Crippen molar-refractivity contribution in [1.29, 1.82) is 0 Å². The van der Waals surface area contributed by atoms with Crippen molar-refractivity contribution < 1.29 is 13.9 Å². The summed E-state index contributed by atoms with van der Waals surface area (Å²) in [4.78, 5) is 28.1. The lowest BCUT2D eigenvalue weighted by atomic mass is 10.1. The fourth-order valence-electron chi connectivity index (χ4n) is 3.79. The Hall–Kier alpha value is -3.89. The number of morpholine rings is 1. The lowest BCUT2D eigenvalue weighted by Crippen LogP contribution is -2.39. The second kappa shape index (κ2) is 9.77.